The molecule has 0 radical (unpaired) electrons. The van der Waals surface area contributed by atoms with Crippen molar-refractivity contribution in [2.45, 2.75) is 58.8 Å². The van der Waals surface area contributed by atoms with Crippen LogP contribution in [0.15, 0.2) is 12.1 Å². The zero-order valence-electron chi connectivity index (χ0n) is 14.2. The Kier molecular flexibility index (Phi) is 6.10. The summed E-state index contributed by atoms with van der Waals surface area (Å²) in [4.78, 5) is 0. The van der Waals surface area contributed by atoms with Crippen molar-refractivity contribution >= 4 is 0 Å². The van der Waals surface area contributed by atoms with Gasteiger partial charge in [-0.3, -0.25) is 0 Å². The van der Waals surface area contributed by atoms with Crippen molar-refractivity contribution in [1.82, 2.24) is 5.32 Å². The summed E-state index contributed by atoms with van der Waals surface area (Å²) in [5, 5.41) is 3.63. The van der Waals surface area contributed by atoms with Crippen LogP contribution >= 0.6 is 0 Å². The second-order valence-corrected chi connectivity index (χ2v) is 6.55. The minimum atomic E-state index is 0.652. The summed E-state index contributed by atoms with van der Waals surface area (Å²) < 4.78 is 5.71. The molecule has 0 heterocycles. The van der Waals surface area contributed by atoms with Crippen LogP contribution in [0.1, 0.15) is 61.6 Å². The monoisotopic (exact) mass is 289 g/mol. The summed E-state index contributed by atoms with van der Waals surface area (Å²) in [6.07, 6.45) is 6.59. The van der Waals surface area contributed by atoms with Gasteiger partial charge >= 0.3 is 0 Å². The first-order valence-corrected chi connectivity index (χ1v) is 8.53. The van der Waals surface area contributed by atoms with E-state index in [4.69, 9.17) is 4.74 Å². The lowest BCUT2D eigenvalue weighted by molar-refractivity contribution is 0.287. The number of ether oxygens (including phenoxy) is 1. The normalized spacial score (nSPS) is 22.3. The zero-order chi connectivity index (χ0) is 15.2. The maximum Gasteiger partial charge on any atom is 0.122 e. The highest BCUT2D eigenvalue weighted by atomic mass is 16.5. The van der Waals surface area contributed by atoms with Gasteiger partial charge < -0.3 is 10.1 Å². The van der Waals surface area contributed by atoms with Crippen LogP contribution in [0, 0.1) is 19.8 Å². The molecule has 2 unspecified atom stereocenters. The van der Waals surface area contributed by atoms with Gasteiger partial charge in [-0.25, -0.2) is 0 Å². The molecular weight excluding hydrogens is 258 g/mol. The van der Waals surface area contributed by atoms with Gasteiger partial charge in [-0.1, -0.05) is 25.8 Å². The molecule has 1 N–H and O–H groups in total. The molecule has 2 rings (SSSR count). The van der Waals surface area contributed by atoms with E-state index in [-0.39, 0.29) is 0 Å². The van der Waals surface area contributed by atoms with Crippen LogP contribution < -0.4 is 10.1 Å². The summed E-state index contributed by atoms with van der Waals surface area (Å²) in [6.45, 7) is 8.91. The lowest BCUT2D eigenvalue weighted by atomic mass is 9.73. The second kappa shape index (κ2) is 7.84. The van der Waals surface area contributed by atoms with Gasteiger partial charge in [0.25, 0.3) is 0 Å². The average molecular weight is 289 g/mol. The Morgan fingerprint density at radius 1 is 1.19 bits per heavy atom. The Morgan fingerprint density at radius 2 is 1.95 bits per heavy atom. The van der Waals surface area contributed by atoms with Gasteiger partial charge in [-0.2, -0.15) is 0 Å². The highest BCUT2D eigenvalue weighted by molar-refractivity contribution is 5.45. The Hall–Kier alpha value is -1.02. The molecule has 0 bridgehead atoms. The fourth-order valence-corrected chi connectivity index (χ4v) is 3.88. The van der Waals surface area contributed by atoms with E-state index in [0.29, 0.717) is 5.92 Å². The molecule has 21 heavy (non-hydrogen) atoms. The molecule has 2 nitrogen and oxygen atoms in total. The molecule has 0 aromatic heterocycles. The van der Waals surface area contributed by atoms with Crippen molar-refractivity contribution in [1.29, 1.82) is 0 Å². The summed E-state index contributed by atoms with van der Waals surface area (Å²) in [5.74, 6) is 2.50. The van der Waals surface area contributed by atoms with Crippen LogP contribution in [0.4, 0.5) is 0 Å². The average Bonchev–Trinajstić information content (AvgIpc) is 2.47. The first-order chi connectivity index (χ1) is 10.2. The molecule has 2 atom stereocenters. The van der Waals surface area contributed by atoms with Crippen LogP contribution in [0.25, 0.3) is 0 Å². The largest absolute Gasteiger partial charge is 0.496 e. The number of methoxy groups -OCH3 is 1. The van der Waals surface area contributed by atoms with Crippen molar-refractivity contribution in [3.8, 4) is 5.75 Å². The third kappa shape index (κ3) is 4.00. The predicted molar refractivity (Wildman–Crippen MR) is 90.3 cm³/mol. The molecule has 0 aliphatic heterocycles. The van der Waals surface area contributed by atoms with E-state index in [9.17, 15) is 0 Å². The molecule has 1 saturated carbocycles. The topological polar surface area (TPSA) is 21.3 Å². The van der Waals surface area contributed by atoms with Gasteiger partial charge in [-0.15, -0.1) is 0 Å². The van der Waals surface area contributed by atoms with Gasteiger partial charge in [0, 0.05) is 5.56 Å². The number of nitrogens with one attached hydrogen (secondary N) is 1. The lowest BCUT2D eigenvalue weighted by Gasteiger charge is -2.34. The number of benzene rings is 1. The number of rotatable bonds is 6. The van der Waals surface area contributed by atoms with Crippen LogP contribution in [-0.4, -0.2) is 20.2 Å². The van der Waals surface area contributed by atoms with Gasteiger partial charge in [0.15, 0.2) is 0 Å². The molecule has 1 aromatic rings. The SMILES string of the molecule is CCCNCC1CCCCC1c1c(C)cc(C)cc1OC. The van der Waals surface area contributed by atoms with Crippen molar-refractivity contribution < 1.29 is 4.74 Å². The summed E-state index contributed by atoms with van der Waals surface area (Å²) in [6, 6.07) is 4.51. The van der Waals surface area contributed by atoms with E-state index in [2.05, 4.69) is 38.2 Å². The van der Waals surface area contributed by atoms with Crippen LogP contribution in [0.5, 0.6) is 5.75 Å². The van der Waals surface area contributed by atoms with Gasteiger partial charge in [-0.05, 0) is 75.2 Å². The molecule has 2 heteroatoms. The van der Waals surface area contributed by atoms with Crippen molar-refractivity contribution in [3.05, 3.63) is 28.8 Å². The summed E-state index contributed by atoms with van der Waals surface area (Å²) >= 11 is 0. The zero-order valence-corrected chi connectivity index (χ0v) is 14.2. The Labute approximate surface area is 130 Å². The first kappa shape index (κ1) is 16.4. The molecule has 1 aliphatic rings. The van der Waals surface area contributed by atoms with Crippen molar-refractivity contribution in [2.24, 2.45) is 5.92 Å². The number of aryl methyl sites for hydroxylation is 2. The second-order valence-electron chi connectivity index (χ2n) is 6.55. The molecule has 1 aromatic carbocycles. The Balaban J connectivity index is 2.24. The Bertz CT molecular complexity index is 455. The molecule has 0 amide bonds. The van der Waals surface area contributed by atoms with Crippen molar-refractivity contribution in [2.75, 3.05) is 20.2 Å². The number of hydrogen-bond donors (Lipinski definition) is 1. The Morgan fingerprint density at radius 3 is 2.67 bits per heavy atom. The lowest BCUT2D eigenvalue weighted by Crippen LogP contribution is -2.30. The first-order valence-electron chi connectivity index (χ1n) is 8.53. The van der Waals surface area contributed by atoms with E-state index in [1.165, 1.54) is 48.8 Å². The third-order valence-corrected chi connectivity index (χ3v) is 4.83. The maximum atomic E-state index is 5.71. The number of hydrogen-bond acceptors (Lipinski definition) is 2. The smallest absolute Gasteiger partial charge is 0.122 e. The van der Waals surface area contributed by atoms with Crippen LogP contribution in [0.2, 0.25) is 0 Å². The molecule has 118 valence electrons. The fourth-order valence-electron chi connectivity index (χ4n) is 3.88. The van der Waals surface area contributed by atoms with Crippen LogP contribution in [0.3, 0.4) is 0 Å². The van der Waals surface area contributed by atoms with Crippen LogP contribution in [-0.2, 0) is 0 Å². The summed E-state index contributed by atoms with van der Waals surface area (Å²) in [7, 11) is 1.81. The van der Waals surface area contributed by atoms with Gasteiger partial charge in [0.2, 0.25) is 0 Å². The van der Waals surface area contributed by atoms with E-state index in [1.54, 1.807) is 0 Å². The van der Waals surface area contributed by atoms with Crippen molar-refractivity contribution in [3.63, 3.8) is 0 Å². The van der Waals surface area contributed by atoms with E-state index < -0.39 is 0 Å². The minimum absolute atomic E-state index is 0.652. The quantitative estimate of drug-likeness (QED) is 0.774. The molecular formula is C19H31NO. The fraction of sp³-hybridized carbons (Fsp3) is 0.684. The third-order valence-electron chi connectivity index (χ3n) is 4.83. The van der Waals surface area contributed by atoms with Gasteiger partial charge in [0.05, 0.1) is 7.11 Å². The minimum Gasteiger partial charge on any atom is -0.496 e. The predicted octanol–water partition coefficient (Wildman–Crippen LogP) is 4.59. The molecule has 0 spiro atoms. The maximum absolute atomic E-state index is 5.71. The highest BCUT2D eigenvalue weighted by Crippen LogP contribution is 2.43. The summed E-state index contributed by atoms with van der Waals surface area (Å²) in [5.41, 5.74) is 4.16. The molecule has 1 aliphatic carbocycles. The molecule has 0 saturated heterocycles. The van der Waals surface area contributed by atoms with E-state index in [0.717, 1.165) is 24.8 Å². The highest BCUT2D eigenvalue weighted by Gasteiger charge is 2.29. The van der Waals surface area contributed by atoms with E-state index >= 15 is 0 Å². The standard InChI is InChI=1S/C19H31NO/c1-5-10-20-13-16-8-6-7-9-17(16)19-15(3)11-14(2)12-18(19)21-4/h11-12,16-17,20H,5-10,13H2,1-4H3. The van der Waals surface area contributed by atoms with E-state index in [1.807, 2.05) is 7.11 Å². The molecule has 1 fully saturated rings. The van der Waals surface area contributed by atoms with Gasteiger partial charge in [0.1, 0.15) is 5.75 Å².